The van der Waals surface area contributed by atoms with Gasteiger partial charge in [0.1, 0.15) is 12.1 Å². The van der Waals surface area contributed by atoms with Gasteiger partial charge >= 0.3 is 0 Å². The Labute approximate surface area is 63.6 Å². The maximum Gasteiger partial charge on any atom is 0.119 e. The Morgan fingerprint density at radius 2 is 1.90 bits per heavy atom. The molecule has 1 aromatic rings. The molecule has 0 heterocycles. The van der Waals surface area contributed by atoms with E-state index in [0.29, 0.717) is 6.35 Å². The lowest BCUT2D eigenvalue weighted by Gasteiger charge is -2.01. The van der Waals surface area contributed by atoms with E-state index in [0.717, 1.165) is 5.75 Å². The second-order valence-corrected chi connectivity index (χ2v) is 2.46. The minimum atomic E-state index is 0.656. The third kappa shape index (κ3) is 2.00. The van der Waals surface area contributed by atoms with Crippen LogP contribution < -0.4 is 4.74 Å². The molecule has 1 aromatic carbocycles. The van der Waals surface area contributed by atoms with Gasteiger partial charge in [-0.25, -0.2) is 0 Å². The SMILES string of the molecule is Cc1ccc(OCP)cc1. The van der Waals surface area contributed by atoms with E-state index in [1.807, 2.05) is 24.3 Å². The summed E-state index contributed by atoms with van der Waals surface area (Å²) in [6, 6.07) is 8.02. The average Bonchev–Trinajstić information content (AvgIpc) is 1.95. The molecule has 0 aliphatic heterocycles. The van der Waals surface area contributed by atoms with E-state index in [2.05, 4.69) is 16.2 Å². The first-order chi connectivity index (χ1) is 4.83. The van der Waals surface area contributed by atoms with E-state index >= 15 is 0 Å². The van der Waals surface area contributed by atoms with Crippen molar-refractivity contribution in [2.45, 2.75) is 6.92 Å². The lowest BCUT2D eigenvalue weighted by molar-refractivity contribution is 0.392. The Bertz CT molecular complexity index is 193. The molecule has 1 nitrogen and oxygen atoms in total. The van der Waals surface area contributed by atoms with Gasteiger partial charge in [0.05, 0.1) is 0 Å². The molecule has 1 unspecified atom stereocenters. The van der Waals surface area contributed by atoms with Gasteiger partial charge in [0.25, 0.3) is 0 Å². The van der Waals surface area contributed by atoms with Crippen LogP contribution in [0.3, 0.4) is 0 Å². The zero-order valence-corrected chi connectivity index (χ0v) is 7.16. The molecular weight excluding hydrogens is 143 g/mol. The quantitative estimate of drug-likeness (QED) is 0.593. The fourth-order valence-electron chi connectivity index (χ4n) is 0.731. The molecule has 0 fully saturated rings. The maximum atomic E-state index is 5.22. The first-order valence-electron chi connectivity index (χ1n) is 3.22. The largest absolute Gasteiger partial charge is 0.490 e. The number of rotatable bonds is 2. The molecule has 1 rings (SSSR count). The lowest BCUT2D eigenvalue weighted by atomic mass is 10.2. The van der Waals surface area contributed by atoms with E-state index in [4.69, 9.17) is 4.74 Å². The molecule has 0 N–H and O–H groups in total. The summed E-state index contributed by atoms with van der Waals surface area (Å²) >= 11 is 0. The van der Waals surface area contributed by atoms with E-state index in [9.17, 15) is 0 Å². The summed E-state index contributed by atoms with van der Waals surface area (Å²) in [4.78, 5) is 0. The van der Waals surface area contributed by atoms with Gasteiger partial charge in [0, 0.05) is 0 Å². The second-order valence-electron chi connectivity index (χ2n) is 2.12. The highest BCUT2D eigenvalue weighted by atomic mass is 31.0. The van der Waals surface area contributed by atoms with Gasteiger partial charge < -0.3 is 4.74 Å². The smallest absolute Gasteiger partial charge is 0.119 e. The van der Waals surface area contributed by atoms with Crippen LogP contribution in [0.5, 0.6) is 5.75 Å². The summed E-state index contributed by atoms with van der Waals surface area (Å²) in [5, 5.41) is 0. The van der Waals surface area contributed by atoms with Crippen LogP contribution in [-0.2, 0) is 0 Å². The molecule has 0 aliphatic carbocycles. The Morgan fingerprint density at radius 3 is 2.40 bits per heavy atom. The number of hydrogen-bond acceptors (Lipinski definition) is 1. The van der Waals surface area contributed by atoms with Gasteiger partial charge in [-0.1, -0.05) is 26.9 Å². The highest BCUT2D eigenvalue weighted by Crippen LogP contribution is 2.11. The minimum Gasteiger partial charge on any atom is -0.490 e. The highest BCUT2D eigenvalue weighted by molar-refractivity contribution is 7.16. The second kappa shape index (κ2) is 3.58. The summed E-state index contributed by atoms with van der Waals surface area (Å²) in [6.07, 6.45) is 0.656. The van der Waals surface area contributed by atoms with Crippen molar-refractivity contribution in [1.82, 2.24) is 0 Å². The van der Waals surface area contributed by atoms with Crippen LogP contribution in [0.15, 0.2) is 24.3 Å². The lowest BCUT2D eigenvalue weighted by Crippen LogP contribution is -1.87. The predicted molar refractivity (Wildman–Crippen MR) is 46.4 cm³/mol. The van der Waals surface area contributed by atoms with Gasteiger partial charge in [-0.2, -0.15) is 0 Å². The normalized spacial score (nSPS) is 9.40. The molecule has 54 valence electrons. The standard InChI is InChI=1S/C8H11OP/c1-7-2-4-8(5-3-7)9-6-10/h2-5H,6,10H2,1H3. The summed E-state index contributed by atoms with van der Waals surface area (Å²) in [5.41, 5.74) is 1.26. The molecule has 0 aromatic heterocycles. The van der Waals surface area contributed by atoms with Crippen LogP contribution in [0.2, 0.25) is 0 Å². The molecule has 0 saturated heterocycles. The molecule has 0 aliphatic rings. The van der Waals surface area contributed by atoms with E-state index in [1.165, 1.54) is 5.56 Å². The molecule has 0 saturated carbocycles. The van der Waals surface area contributed by atoms with Crippen LogP contribution in [0.25, 0.3) is 0 Å². The van der Waals surface area contributed by atoms with Crippen molar-refractivity contribution in [3.05, 3.63) is 29.8 Å². The monoisotopic (exact) mass is 154 g/mol. The zero-order valence-electron chi connectivity index (χ0n) is 6.00. The first kappa shape index (κ1) is 7.56. The van der Waals surface area contributed by atoms with Crippen LogP contribution in [-0.4, -0.2) is 6.35 Å². The summed E-state index contributed by atoms with van der Waals surface area (Å²) in [6.45, 7) is 2.06. The van der Waals surface area contributed by atoms with Crippen LogP contribution in [0.1, 0.15) is 5.56 Å². The van der Waals surface area contributed by atoms with Crippen molar-refractivity contribution < 1.29 is 4.74 Å². The topological polar surface area (TPSA) is 9.23 Å². The first-order valence-corrected chi connectivity index (χ1v) is 4.04. The Morgan fingerprint density at radius 1 is 1.30 bits per heavy atom. The maximum absolute atomic E-state index is 5.22. The Balaban J connectivity index is 2.69. The summed E-state index contributed by atoms with van der Waals surface area (Å²) in [5.74, 6) is 0.931. The van der Waals surface area contributed by atoms with Gasteiger partial charge in [0.15, 0.2) is 0 Å². The van der Waals surface area contributed by atoms with E-state index in [-0.39, 0.29) is 0 Å². The number of aryl methyl sites for hydroxylation is 1. The molecular formula is C8H11OP. The highest BCUT2D eigenvalue weighted by Gasteiger charge is 1.87. The molecule has 0 bridgehead atoms. The predicted octanol–water partition coefficient (Wildman–Crippen LogP) is 2.21. The minimum absolute atomic E-state index is 0.656. The van der Waals surface area contributed by atoms with Crippen molar-refractivity contribution in [2.24, 2.45) is 0 Å². The third-order valence-electron chi connectivity index (χ3n) is 1.27. The third-order valence-corrected chi connectivity index (χ3v) is 1.44. The van der Waals surface area contributed by atoms with Crippen molar-refractivity contribution in [1.29, 1.82) is 0 Å². The van der Waals surface area contributed by atoms with Gasteiger partial charge in [-0.05, 0) is 19.1 Å². The van der Waals surface area contributed by atoms with Gasteiger partial charge in [0.2, 0.25) is 0 Å². The van der Waals surface area contributed by atoms with Gasteiger partial charge in [-0.15, -0.1) is 0 Å². The van der Waals surface area contributed by atoms with Crippen molar-refractivity contribution in [2.75, 3.05) is 6.35 Å². The molecule has 1 atom stereocenters. The Kier molecular flexibility index (Phi) is 2.70. The van der Waals surface area contributed by atoms with Crippen LogP contribution >= 0.6 is 9.24 Å². The number of benzene rings is 1. The summed E-state index contributed by atoms with van der Waals surface area (Å²) in [7, 11) is 2.52. The van der Waals surface area contributed by atoms with Crippen LogP contribution in [0.4, 0.5) is 0 Å². The fourth-order valence-corrected chi connectivity index (χ4v) is 0.923. The average molecular weight is 154 g/mol. The zero-order chi connectivity index (χ0) is 7.40. The van der Waals surface area contributed by atoms with Crippen molar-refractivity contribution in [3.8, 4) is 5.75 Å². The van der Waals surface area contributed by atoms with Gasteiger partial charge in [-0.3, -0.25) is 0 Å². The van der Waals surface area contributed by atoms with Crippen molar-refractivity contribution >= 4 is 9.24 Å². The van der Waals surface area contributed by atoms with E-state index in [1.54, 1.807) is 0 Å². The summed E-state index contributed by atoms with van der Waals surface area (Å²) < 4.78 is 5.22. The Hall–Kier alpha value is -0.550. The molecule has 0 spiro atoms. The van der Waals surface area contributed by atoms with Crippen molar-refractivity contribution in [3.63, 3.8) is 0 Å². The molecule has 0 amide bonds. The van der Waals surface area contributed by atoms with E-state index < -0.39 is 0 Å². The fraction of sp³-hybridized carbons (Fsp3) is 0.250. The molecule has 10 heavy (non-hydrogen) atoms. The molecule has 0 radical (unpaired) electrons. The number of ether oxygens (including phenoxy) is 1. The number of hydrogen-bond donors (Lipinski definition) is 0. The molecule has 2 heteroatoms. The van der Waals surface area contributed by atoms with Crippen LogP contribution in [0, 0.1) is 6.92 Å².